The Kier molecular flexibility index (Phi) is 2.87. The van der Waals surface area contributed by atoms with Crippen molar-refractivity contribution < 1.29 is 4.74 Å². The summed E-state index contributed by atoms with van der Waals surface area (Å²) in [5.41, 5.74) is 2.77. The van der Waals surface area contributed by atoms with Crippen LogP contribution in [0.3, 0.4) is 0 Å². The molecule has 1 heterocycles. The number of hydrogen-bond acceptors (Lipinski definition) is 1. The van der Waals surface area contributed by atoms with Crippen LogP contribution < -0.4 is 0 Å². The molecule has 1 nitrogen and oxygen atoms in total. The fourth-order valence-corrected chi connectivity index (χ4v) is 1.96. The van der Waals surface area contributed by atoms with Crippen molar-refractivity contribution >= 4 is 0 Å². The van der Waals surface area contributed by atoms with Crippen molar-refractivity contribution in [1.82, 2.24) is 0 Å². The zero-order chi connectivity index (χ0) is 9.97. The number of ether oxygens (including phenoxy) is 1. The number of hydrogen-bond donors (Lipinski definition) is 0. The fourth-order valence-electron chi connectivity index (χ4n) is 1.96. The lowest BCUT2D eigenvalue weighted by Crippen LogP contribution is -1.97. The molecular weight excluding hydrogens is 172 g/mol. The molecule has 0 radical (unpaired) electrons. The average Bonchev–Trinajstić information content (AvgIpc) is 2.71. The third-order valence-electron chi connectivity index (χ3n) is 2.88. The monoisotopic (exact) mass is 190 g/mol. The van der Waals surface area contributed by atoms with Crippen LogP contribution in [0.4, 0.5) is 0 Å². The van der Waals surface area contributed by atoms with E-state index in [4.69, 9.17) is 4.74 Å². The second-order valence-corrected chi connectivity index (χ2v) is 4.33. The third kappa shape index (κ3) is 1.98. The second kappa shape index (κ2) is 4.14. The molecule has 0 saturated carbocycles. The van der Waals surface area contributed by atoms with Gasteiger partial charge in [0, 0.05) is 6.61 Å². The van der Waals surface area contributed by atoms with Crippen LogP contribution in [0.1, 0.15) is 49.8 Å². The summed E-state index contributed by atoms with van der Waals surface area (Å²) in [5.74, 6) is 0.608. The van der Waals surface area contributed by atoms with Crippen molar-refractivity contribution in [1.29, 1.82) is 0 Å². The summed E-state index contributed by atoms with van der Waals surface area (Å²) in [4.78, 5) is 0. The summed E-state index contributed by atoms with van der Waals surface area (Å²) >= 11 is 0. The van der Waals surface area contributed by atoms with Crippen LogP contribution in [-0.4, -0.2) is 6.61 Å². The predicted octanol–water partition coefficient (Wildman–Crippen LogP) is 3.66. The Morgan fingerprint density at radius 3 is 2.86 bits per heavy atom. The van der Waals surface area contributed by atoms with Gasteiger partial charge in [0.1, 0.15) is 0 Å². The number of benzene rings is 1. The molecule has 1 heteroatoms. The van der Waals surface area contributed by atoms with Gasteiger partial charge >= 0.3 is 0 Å². The van der Waals surface area contributed by atoms with Crippen molar-refractivity contribution in [2.24, 2.45) is 0 Å². The first-order chi connectivity index (χ1) is 6.77. The molecule has 0 amide bonds. The summed E-state index contributed by atoms with van der Waals surface area (Å²) in [6.07, 6.45) is 2.74. The Labute approximate surface area is 86.1 Å². The molecule has 0 aromatic heterocycles. The Morgan fingerprint density at radius 1 is 1.36 bits per heavy atom. The van der Waals surface area contributed by atoms with Gasteiger partial charge in [0.05, 0.1) is 6.10 Å². The zero-order valence-electron chi connectivity index (χ0n) is 8.99. The van der Waals surface area contributed by atoms with Crippen LogP contribution in [0.5, 0.6) is 0 Å². The molecule has 1 aliphatic heterocycles. The topological polar surface area (TPSA) is 9.23 Å². The van der Waals surface area contributed by atoms with E-state index in [1.807, 2.05) is 0 Å². The van der Waals surface area contributed by atoms with E-state index in [0.717, 1.165) is 6.61 Å². The Balaban J connectivity index is 2.21. The van der Waals surface area contributed by atoms with Gasteiger partial charge in [-0.3, -0.25) is 0 Å². The molecule has 14 heavy (non-hydrogen) atoms. The van der Waals surface area contributed by atoms with Gasteiger partial charge in [0.25, 0.3) is 0 Å². The molecule has 0 bridgehead atoms. The van der Waals surface area contributed by atoms with Crippen LogP contribution in [0, 0.1) is 0 Å². The van der Waals surface area contributed by atoms with Crippen molar-refractivity contribution in [3.63, 3.8) is 0 Å². The van der Waals surface area contributed by atoms with E-state index in [9.17, 15) is 0 Å². The average molecular weight is 190 g/mol. The Bertz CT molecular complexity index is 298. The lowest BCUT2D eigenvalue weighted by molar-refractivity contribution is 0.112. The van der Waals surface area contributed by atoms with Gasteiger partial charge in [-0.15, -0.1) is 0 Å². The lowest BCUT2D eigenvalue weighted by atomic mass is 9.98. The highest BCUT2D eigenvalue weighted by Gasteiger charge is 2.17. The maximum absolute atomic E-state index is 5.67. The normalized spacial score (nSPS) is 21.8. The van der Waals surface area contributed by atoms with E-state index in [2.05, 4.69) is 38.1 Å². The molecule has 1 unspecified atom stereocenters. The van der Waals surface area contributed by atoms with E-state index in [-0.39, 0.29) is 0 Å². The molecule has 1 saturated heterocycles. The minimum atomic E-state index is 0.355. The lowest BCUT2D eigenvalue weighted by Gasteiger charge is -2.12. The Hall–Kier alpha value is -0.820. The molecular formula is C13H18O. The van der Waals surface area contributed by atoms with Gasteiger partial charge < -0.3 is 4.74 Å². The molecule has 0 aliphatic carbocycles. The summed E-state index contributed by atoms with van der Waals surface area (Å²) in [5, 5.41) is 0. The highest BCUT2D eigenvalue weighted by atomic mass is 16.5. The van der Waals surface area contributed by atoms with Gasteiger partial charge in [0.2, 0.25) is 0 Å². The molecule has 1 atom stereocenters. The maximum Gasteiger partial charge on any atom is 0.0825 e. The van der Waals surface area contributed by atoms with Crippen LogP contribution in [0.15, 0.2) is 24.3 Å². The molecule has 1 aliphatic rings. The molecule has 76 valence electrons. The van der Waals surface area contributed by atoms with E-state index in [0.29, 0.717) is 12.0 Å². The van der Waals surface area contributed by atoms with Gasteiger partial charge in [-0.25, -0.2) is 0 Å². The summed E-state index contributed by atoms with van der Waals surface area (Å²) < 4.78 is 5.67. The highest BCUT2D eigenvalue weighted by Crippen LogP contribution is 2.29. The van der Waals surface area contributed by atoms with E-state index < -0.39 is 0 Å². The minimum Gasteiger partial charge on any atom is -0.374 e. The summed E-state index contributed by atoms with van der Waals surface area (Å²) in [7, 11) is 0. The largest absolute Gasteiger partial charge is 0.374 e. The van der Waals surface area contributed by atoms with Crippen LogP contribution in [-0.2, 0) is 4.74 Å². The van der Waals surface area contributed by atoms with Crippen molar-refractivity contribution in [3.8, 4) is 0 Å². The number of rotatable bonds is 2. The molecule has 1 aromatic carbocycles. The maximum atomic E-state index is 5.67. The van der Waals surface area contributed by atoms with Gasteiger partial charge in [-0.2, -0.15) is 0 Å². The van der Waals surface area contributed by atoms with Gasteiger partial charge in [0.15, 0.2) is 0 Å². The molecule has 2 rings (SSSR count). The third-order valence-corrected chi connectivity index (χ3v) is 2.88. The first kappa shape index (κ1) is 9.72. The first-order valence-electron chi connectivity index (χ1n) is 5.49. The van der Waals surface area contributed by atoms with E-state index in [1.54, 1.807) is 0 Å². The quantitative estimate of drug-likeness (QED) is 0.691. The van der Waals surface area contributed by atoms with Gasteiger partial charge in [-0.1, -0.05) is 38.1 Å². The van der Waals surface area contributed by atoms with Crippen LogP contribution in [0.2, 0.25) is 0 Å². The zero-order valence-corrected chi connectivity index (χ0v) is 8.99. The fraction of sp³-hybridized carbons (Fsp3) is 0.538. The van der Waals surface area contributed by atoms with E-state index >= 15 is 0 Å². The van der Waals surface area contributed by atoms with Gasteiger partial charge in [-0.05, 0) is 29.9 Å². The minimum absolute atomic E-state index is 0.355. The molecule has 1 aromatic rings. The highest BCUT2D eigenvalue weighted by molar-refractivity contribution is 5.27. The molecule has 0 N–H and O–H groups in total. The van der Waals surface area contributed by atoms with Crippen LogP contribution in [0.25, 0.3) is 0 Å². The van der Waals surface area contributed by atoms with E-state index in [1.165, 1.54) is 24.0 Å². The Morgan fingerprint density at radius 2 is 2.21 bits per heavy atom. The van der Waals surface area contributed by atoms with Crippen molar-refractivity contribution in [3.05, 3.63) is 35.4 Å². The van der Waals surface area contributed by atoms with Crippen LogP contribution >= 0.6 is 0 Å². The van der Waals surface area contributed by atoms with Crippen molar-refractivity contribution in [2.75, 3.05) is 6.61 Å². The summed E-state index contributed by atoms with van der Waals surface area (Å²) in [6.45, 7) is 5.39. The smallest absolute Gasteiger partial charge is 0.0825 e. The molecule has 1 fully saturated rings. The van der Waals surface area contributed by atoms with Crippen molar-refractivity contribution in [2.45, 2.75) is 38.7 Å². The predicted molar refractivity (Wildman–Crippen MR) is 58.5 cm³/mol. The summed E-state index contributed by atoms with van der Waals surface area (Å²) in [6, 6.07) is 8.82. The molecule has 0 spiro atoms. The SMILES string of the molecule is CC(C)c1cccc(C2CCCO2)c1. The first-order valence-corrected chi connectivity index (χ1v) is 5.49. The standard InChI is InChI=1S/C13H18O/c1-10(2)11-5-3-6-12(9-11)13-7-4-8-14-13/h3,5-6,9-10,13H,4,7-8H2,1-2H3. The second-order valence-electron chi connectivity index (χ2n) is 4.33.